The van der Waals surface area contributed by atoms with Crippen LogP contribution < -0.4 is 0 Å². The van der Waals surface area contributed by atoms with E-state index in [1.807, 2.05) is 30.0 Å². The number of aromatic nitrogens is 1. The van der Waals surface area contributed by atoms with E-state index >= 15 is 0 Å². The molecule has 0 aromatic carbocycles. The maximum Gasteiger partial charge on any atom is 0.121 e. The smallest absolute Gasteiger partial charge is 0.121 e. The van der Waals surface area contributed by atoms with Crippen LogP contribution in [0.3, 0.4) is 0 Å². The standard InChI is InChI=1S/C8H11NO/c1-8-3-5-9(7-8)4-2-6-10/h3,5-7H,2,4H2,1H3. The molecule has 0 N–H and O–H groups in total. The van der Waals surface area contributed by atoms with Crippen LogP contribution in [0.4, 0.5) is 0 Å². The highest BCUT2D eigenvalue weighted by Crippen LogP contribution is 1.98. The lowest BCUT2D eigenvalue weighted by molar-refractivity contribution is -0.108. The first-order valence-corrected chi connectivity index (χ1v) is 3.39. The molecule has 0 saturated heterocycles. The van der Waals surface area contributed by atoms with Gasteiger partial charge in [0.2, 0.25) is 0 Å². The second kappa shape index (κ2) is 3.20. The maximum absolute atomic E-state index is 9.97. The number of hydrogen-bond acceptors (Lipinski definition) is 1. The topological polar surface area (TPSA) is 22.0 Å². The molecule has 1 heterocycles. The summed E-state index contributed by atoms with van der Waals surface area (Å²) in [4.78, 5) is 9.97. The first-order chi connectivity index (χ1) is 4.83. The van der Waals surface area contributed by atoms with E-state index in [1.165, 1.54) is 5.56 Å². The molecule has 0 spiro atoms. The van der Waals surface area contributed by atoms with Crippen LogP contribution in [-0.4, -0.2) is 10.9 Å². The van der Waals surface area contributed by atoms with E-state index in [4.69, 9.17) is 0 Å². The van der Waals surface area contributed by atoms with E-state index in [0.717, 1.165) is 12.8 Å². The molecule has 0 amide bonds. The largest absolute Gasteiger partial charge is 0.354 e. The Morgan fingerprint density at radius 3 is 3.00 bits per heavy atom. The van der Waals surface area contributed by atoms with Crippen LogP contribution in [0.25, 0.3) is 0 Å². The zero-order chi connectivity index (χ0) is 7.40. The fourth-order valence-electron chi connectivity index (χ4n) is 0.902. The number of aldehydes is 1. The van der Waals surface area contributed by atoms with E-state index in [2.05, 4.69) is 0 Å². The Morgan fingerprint density at radius 1 is 1.70 bits per heavy atom. The molecule has 0 atom stereocenters. The summed E-state index contributed by atoms with van der Waals surface area (Å²) in [6.07, 6.45) is 5.56. The van der Waals surface area contributed by atoms with E-state index < -0.39 is 0 Å². The molecule has 0 aliphatic heterocycles. The van der Waals surface area contributed by atoms with Crippen molar-refractivity contribution in [2.75, 3.05) is 0 Å². The summed E-state index contributed by atoms with van der Waals surface area (Å²) in [6.45, 7) is 2.84. The molecule has 0 bridgehead atoms. The summed E-state index contributed by atoms with van der Waals surface area (Å²) >= 11 is 0. The van der Waals surface area contributed by atoms with Crippen molar-refractivity contribution < 1.29 is 4.79 Å². The highest BCUT2D eigenvalue weighted by atomic mass is 16.1. The fraction of sp³-hybridized carbons (Fsp3) is 0.375. The van der Waals surface area contributed by atoms with Crippen molar-refractivity contribution in [1.82, 2.24) is 4.57 Å². The molecule has 0 fully saturated rings. The van der Waals surface area contributed by atoms with Crippen molar-refractivity contribution in [2.45, 2.75) is 19.9 Å². The predicted octanol–water partition coefficient (Wildman–Crippen LogP) is 1.39. The summed E-state index contributed by atoms with van der Waals surface area (Å²) in [5.74, 6) is 0. The Kier molecular flexibility index (Phi) is 2.26. The van der Waals surface area contributed by atoms with Crippen LogP contribution >= 0.6 is 0 Å². The van der Waals surface area contributed by atoms with Crippen LogP contribution in [0.1, 0.15) is 12.0 Å². The lowest BCUT2D eigenvalue weighted by atomic mass is 10.4. The average Bonchev–Trinajstić information content (AvgIpc) is 2.31. The van der Waals surface area contributed by atoms with Crippen LogP contribution in [-0.2, 0) is 11.3 Å². The van der Waals surface area contributed by atoms with E-state index in [1.54, 1.807) is 0 Å². The lowest BCUT2D eigenvalue weighted by Gasteiger charge is -1.95. The van der Waals surface area contributed by atoms with Gasteiger partial charge in [-0.2, -0.15) is 0 Å². The van der Waals surface area contributed by atoms with Crippen molar-refractivity contribution in [3.63, 3.8) is 0 Å². The zero-order valence-corrected chi connectivity index (χ0v) is 6.08. The fourth-order valence-corrected chi connectivity index (χ4v) is 0.902. The van der Waals surface area contributed by atoms with Gasteiger partial charge in [0.25, 0.3) is 0 Å². The first kappa shape index (κ1) is 7.06. The Labute approximate surface area is 60.5 Å². The number of carbonyl (C=O) groups is 1. The SMILES string of the molecule is Cc1ccn(CCC=O)c1. The van der Waals surface area contributed by atoms with Gasteiger partial charge in [-0.1, -0.05) is 0 Å². The van der Waals surface area contributed by atoms with Crippen LogP contribution in [0.2, 0.25) is 0 Å². The number of rotatable bonds is 3. The highest BCUT2D eigenvalue weighted by Gasteiger charge is 1.89. The summed E-state index contributed by atoms with van der Waals surface area (Å²) < 4.78 is 2.02. The molecule has 1 aromatic rings. The summed E-state index contributed by atoms with van der Waals surface area (Å²) in [5.41, 5.74) is 1.24. The molecule has 54 valence electrons. The summed E-state index contributed by atoms with van der Waals surface area (Å²) in [6, 6.07) is 2.03. The Balaban J connectivity index is 2.49. The second-order valence-electron chi connectivity index (χ2n) is 2.38. The molecular formula is C8H11NO. The maximum atomic E-state index is 9.97. The van der Waals surface area contributed by atoms with Crippen LogP contribution in [0.5, 0.6) is 0 Å². The van der Waals surface area contributed by atoms with Gasteiger partial charge in [0, 0.05) is 25.4 Å². The molecule has 2 heteroatoms. The number of nitrogens with zero attached hydrogens (tertiary/aromatic N) is 1. The predicted molar refractivity (Wildman–Crippen MR) is 39.9 cm³/mol. The van der Waals surface area contributed by atoms with Gasteiger partial charge in [0.15, 0.2) is 0 Å². The number of carbonyl (C=O) groups excluding carboxylic acids is 1. The van der Waals surface area contributed by atoms with Gasteiger partial charge in [-0.15, -0.1) is 0 Å². The highest BCUT2D eigenvalue weighted by molar-refractivity contribution is 5.48. The Bertz CT molecular complexity index is 215. The van der Waals surface area contributed by atoms with Crippen molar-refractivity contribution in [2.24, 2.45) is 0 Å². The molecule has 0 aliphatic rings. The van der Waals surface area contributed by atoms with Gasteiger partial charge in [0.05, 0.1) is 0 Å². The molecule has 1 aromatic heterocycles. The van der Waals surface area contributed by atoms with Crippen molar-refractivity contribution >= 4 is 6.29 Å². The third-order valence-corrected chi connectivity index (χ3v) is 1.40. The van der Waals surface area contributed by atoms with Crippen molar-refractivity contribution in [3.8, 4) is 0 Å². The van der Waals surface area contributed by atoms with Gasteiger partial charge >= 0.3 is 0 Å². The molecule has 0 aliphatic carbocycles. The van der Waals surface area contributed by atoms with Gasteiger partial charge in [-0.25, -0.2) is 0 Å². The molecule has 0 saturated carbocycles. The minimum Gasteiger partial charge on any atom is -0.354 e. The first-order valence-electron chi connectivity index (χ1n) is 3.39. The summed E-state index contributed by atoms with van der Waals surface area (Å²) in [7, 11) is 0. The molecule has 2 nitrogen and oxygen atoms in total. The summed E-state index contributed by atoms with van der Waals surface area (Å²) in [5, 5.41) is 0. The van der Waals surface area contributed by atoms with E-state index in [0.29, 0.717) is 6.42 Å². The Hall–Kier alpha value is -1.05. The lowest BCUT2D eigenvalue weighted by Crippen LogP contribution is -1.93. The third kappa shape index (κ3) is 1.72. The van der Waals surface area contributed by atoms with E-state index in [9.17, 15) is 4.79 Å². The van der Waals surface area contributed by atoms with E-state index in [-0.39, 0.29) is 0 Å². The van der Waals surface area contributed by atoms with Gasteiger partial charge in [0.1, 0.15) is 6.29 Å². The minimum absolute atomic E-state index is 0.605. The van der Waals surface area contributed by atoms with Gasteiger partial charge in [-0.3, -0.25) is 0 Å². The third-order valence-electron chi connectivity index (χ3n) is 1.40. The molecule has 1 rings (SSSR count). The van der Waals surface area contributed by atoms with Gasteiger partial charge in [-0.05, 0) is 18.6 Å². The van der Waals surface area contributed by atoms with Crippen LogP contribution in [0, 0.1) is 6.92 Å². The van der Waals surface area contributed by atoms with Crippen molar-refractivity contribution in [1.29, 1.82) is 0 Å². The number of hydrogen-bond donors (Lipinski definition) is 0. The quantitative estimate of drug-likeness (QED) is 0.577. The molecule has 0 radical (unpaired) electrons. The normalized spacial score (nSPS) is 9.70. The Morgan fingerprint density at radius 2 is 2.50 bits per heavy atom. The zero-order valence-electron chi connectivity index (χ0n) is 6.08. The molecule has 10 heavy (non-hydrogen) atoms. The van der Waals surface area contributed by atoms with Crippen LogP contribution in [0.15, 0.2) is 18.5 Å². The van der Waals surface area contributed by atoms with Crippen molar-refractivity contribution in [3.05, 3.63) is 24.0 Å². The molecular weight excluding hydrogens is 126 g/mol. The molecule has 0 unspecified atom stereocenters. The monoisotopic (exact) mass is 137 g/mol. The second-order valence-corrected chi connectivity index (χ2v) is 2.38. The van der Waals surface area contributed by atoms with Gasteiger partial charge < -0.3 is 9.36 Å². The minimum atomic E-state index is 0.605. The average molecular weight is 137 g/mol. The number of aryl methyl sites for hydroxylation is 2.